The molecule has 0 bridgehead atoms. The molecule has 0 saturated carbocycles. The zero-order valence-corrected chi connectivity index (χ0v) is 8.89. The number of ketones is 1. The molecule has 72 valence electrons. The molecule has 1 nitrogen and oxygen atoms in total. The van der Waals surface area contributed by atoms with Crippen molar-refractivity contribution in [3.05, 3.63) is 0 Å². The maximum absolute atomic E-state index is 11.5. The molecule has 0 spiro atoms. The maximum Gasteiger partial charge on any atom is 0.135 e. The Morgan fingerprint density at radius 2 is 1.75 bits per heavy atom. The van der Waals surface area contributed by atoms with E-state index >= 15 is 0 Å². The fourth-order valence-electron chi connectivity index (χ4n) is 1.15. The summed E-state index contributed by atoms with van der Waals surface area (Å²) in [5.74, 6) is 1.19. The van der Waals surface area contributed by atoms with Crippen molar-refractivity contribution in [3.8, 4) is 0 Å². The summed E-state index contributed by atoms with van der Waals surface area (Å²) < 4.78 is 0. The first-order valence-electron chi connectivity index (χ1n) is 5.12. The molecule has 0 aliphatic heterocycles. The van der Waals surface area contributed by atoms with Crippen LogP contribution in [-0.4, -0.2) is 5.78 Å². The Morgan fingerprint density at radius 3 is 2.17 bits per heavy atom. The lowest BCUT2D eigenvalue weighted by molar-refractivity contribution is -0.123. The van der Waals surface area contributed by atoms with Crippen LogP contribution < -0.4 is 0 Å². The lowest BCUT2D eigenvalue weighted by Gasteiger charge is -2.13. The molecule has 0 heterocycles. The van der Waals surface area contributed by atoms with Gasteiger partial charge in [0, 0.05) is 12.3 Å². The number of hydrogen-bond donors (Lipinski definition) is 0. The monoisotopic (exact) mass is 170 g/mol. The van der Waals surface area contributed by atoms with Crippen molar-refractivity contribution in [2.24, 2.45) is 11.8 Å². The van der Waals surface area contributed by atoms with Gasteiger partial charge in [-0.25, -0.2) is 0 Å². The predicted octanol–water partition coefficient (Wildman–Crippen LogP) is 3.43. The van der Waals surface area contributed by atoms with Gasteiger partial charge in [0.05, 0.1) is 0 Å². The molecule has 0 aromatic carbocycles. The first-order chi connectivity index (χ1) is 5.59. The molecule has 0 aromatic heterocycles. The Labute approximate surface area is 76.6 Å². The van der Waals surface area contributed by atoms with Crippen LogP contribution in [0.1, 0.15) is 53.4 Å². The second-order valence-corrected chi connectivity index (χ2v) is 3.96. The predicted molar refractivity (Wildman–Crippen MR) is 53.2 cm³/mol. The van der Waals surface area contributed by atoms with Crippen LogP contribution in [0, 0.1) is 11.8 Å². The maximum atomic E-state index is 11.5. The second kappa shape index (κ2) is 6.22. The summed E-state index contributed by atoms with van der Waals surface area (Å²) in [6, 6.07) is 0. The molecule has 0 saturated heterocycles. The van der Waals surface area contributed by atoms with Gasteiger partial charge >= 0.3 is 0 Å². The van der Waals surface area contributed by atoms with E-state index in [2.05, 4.69) is 20.8 Å². The van der Waals surface area contributed by atoms with Crippen molar-refractivity contribution in [2.75, 3.05) is 0 Å². The molecule has 12 heavy (non-hydrogen) atoms. The summed E-state index contributed by atoms with van der Waals surface area (Å²) in [6.07, 6.45) is 4.25. The Bertz CT molecular complexity index is 127. The van der Waals surface area contributed by atoms with E-state index in [0.29, 0.717) is 11.7 Å². The highest BCUT2D eigenvalue weighted by Crippen LogP contribution is 2.14. The van der Waals surface area contributed by atoms with Gasteiger partial charge in [-0.3, -0.25) is 4.79 Å². The van der Waals surface area contributed by atoms with Gasteiger partial charge in [-0.05, 0) is 12.3 Å². The van der Waals surface area contributed by atoms with Crippen LogP contribution in [0.4, 0.5) is 0 Å². The third-order valence-corrected chi connectivity index (χ3v) is 2.53. The molecule has 1 unspecified atom stereocenters. The summed E-state index contributed by atoms with van der Waals surface area (Å²) in [6.45, 7) is 8.43. The van der Waals surface area contributed by atoms with Gasteiger partial charge in [0.25, 0.3) is 0 Å². The Hall–Kier alpha value is -0.330. The van der Waals surface area contributed by atoms with Crippen LogP contribution in [-0.2, 0) is 4.79 Å². The molecule has 0 aliphatic rings. The second-order valence-electron chi connectivity index (χ2n) is 3.96. The first-order valence-corrected chi connectivity index (χ1v) is 5.12. The van der Waals surface area contributed by atoms with Crippen molar-refractivity contribution in [3.63, 3.8) is 0 Å². The van der Waals surface area contributed by atoms with Crippen LogP contribution in [0.2, 0.25) is 0 Å². The average Bonchev–Trinajstić information content (AvgIpc) is 2.03. The molecule has 0 aliphatic carbocycles. The molecule has 0 fully saturated rings. The van der Waals surface area contributed by atoms with Gasteiger partial charge in [0.15, 0.2) is 0 Å². The van der Waals surface area contributed by atoms with Gasteiger partial charge in [-0.15, -0.1) is 0 Å². The van der Waals surface area contributed by atoms with Crippen molar-refractivity contribution >= 4 is 5.78 Å². The third-order valence-electron chi connectivity index (χ3n) is 2.53. The molecule has 1 heteroatoms. The van der Waals surface area contributed by atoms with Crippen LogP contribution in [0.3, 0.4) is 0 Å². The fourth-order valence-corrected chi connectivity index (χ4v) is 1.15. The number of carbonyl (C=O) groups is 1. The highest BCUT2D eigenvalue weighted by molar-refractivity contribution is 5.80. The molecule has 1 atom stereocenters. The topological polar surface area (TPSA) is 17.1 Å². The average molecular weight is 170 g/mol. The highest BCUT2D eigenvalue weighted by Gasteiger charge is 2.15. The van der Waals surface area contributed by atoms with Gasteiger partial charge in [0.1, 0.15) is 5.78 Å². The van der Waals surface area contributed by atoms with E-state index in [-0.39, 0.29) is 5.92 Å². The summed E-state index contributed by atoms with van der Waals surface area (Å²) in [4.78, 5) is 11.5. The molecule has 0 amide bonds. The van der Waals surface area contributed by atoms with Crippen molar-refractivity contribution < 1.29 is 4.79 Å². The van der Waals surface area contributed by atoms with E-state index in [4.69, 9.17) is 0 Å². The number of rotatable bonds is 6. The van der Waals surface area contributed by atoms with E-state index in [1.165, 1.54) is 12.8 Å². The first kappa shape index (κ1) is 11.7. The highest BCUT2D eigenvalue weighted by atomic mass is 16.1. The number of carbonyl (C=O) groups excluding carboxylic acids is 1. The molecule has 0 N–H and O–H groups in total. The number of unbranched alkanes of at least 4 members (excludes halogenated alkanes) is 2. The SMILES string of the molecule is CCCCCC(=O)C(C)C(C)C. The van der Waals surface area contributed by atoms with E-state index in [0.717, 1.165) is 12.8 Å². The van der Waals surface area contributed by atoms with Crippen LogP contribution in [0.25, 0.3) is 0 Å². The van der Waals surface area contributed by atoms with E-state index in [1.807, 2.05) is 6.92 Å². The Morgan fingerprint density at radius 1 is 1.17 bits per heavy atom. The van der Waals surface area contributed by atoms with Crippen LogP contribution in [0.15, 0.2) is 0 Å². The largest absolute Gasteiger partial charge is 0.299 e. The lowest BCUT2D eigenvalue weighted by Crippen LogP contribution is -2.16. The smallest absolute Gasteiger partial charge is 0.135 e. The lowest BCUT2D eigenvalue weighted by atomic mass is 9.91. The zero-order chi connectivity index (χ0) is 9.56. The van der Waals surface area contributed by atoms with Gasteiger partial charge in [-0.1, -0.05) is 40.5 Å². The van der Waals surface area contributed by atoms with E-state index < -0.39 is 0 Å². The minimum atomic E-state index is 0.252. The molecular formula is C11H22O. The van der Waals surface area contributed by atoms with Gasteiger partial charge in [-0.2, -0.15) is 0 Å². The number of Topliss-reactive ketones (excluding diaryl/α,β-unsaturated/α-hetero) is 1. The standard InChI is InChI=1S/C11H22O/c1-5-6-7-8-11(12)10(4)9(2)3/h9-10H,5-8H2,1-4H3. The molecule has 0 rings (SSSR count). The molecule has 0 aromatic rings. The fraction of sp³-hybridized carbons (Fsp3) is 0.909. The minimum Gasteiger partial charge on any atom is -0.299 e. The van der Waals surface area contributed by atoms with Crippen molar-refractivity contribution in [2.45, 2.75) is 53.4 Å². The van der Waals surface area contributed by atoms with Crippen LogP contribution >= 0.6 is 0 Å². The van der Waals surface area contributed by atoms with Gasteiger partial charge in [0.2, 0.25) is 0 Å². The quantitative estimate of drug-likeness (QED) is 0.558. The van der Waals surface area contributed by atoms with Crippen molar-refractivity contribution in [1.82, 2.24) is 0 Å². The Kier molecular flexibility index (Phi) is 6.04. The van der Waals surface area contributed by atoms with E-state index in [1.54, 1.807) is 0 Å². The van der Waals surface area contributed by atoms with Crippen LogP contribution in [0.5, 0.6) is 0 Å². The molecular weight excluding hydrogens is 148 g/mol. The zero-order valence-electron chi connectivity index (χ0n) is 8.89. The third kappa shape index (κ3) is 4.53. The summed E-state index contributed by atoms with van der Waals surface area (Å²) in [7, 11) is 0. The normalized spacial score (nSPS) is 13.4. The number of hydrogen-bond acceptors (Lipinski definition) is 1. The summed E-state index contributed by atoms with van der Waals surface area (Å²) >= 11 is 0. The van der Waals surface area contributed by atoms with E-state index in [9.17, 15) is 4.79 Å². The van der Waals surface area contributed by atoms with Gasteiger partial charge < -0.3 is 0 Å². The minimum absolute atomic E-state index is 0.252. The Balaban J connectivity index is 3.57. The van der Waals surface area contributed by atoms with Crippen molar-refractivity contribution in [1.29, 1.82) is 0 Å². The summed E-state index contributed by atoms with van der Waals surface area (Å²) in [5.41, 5.74) is 0. The summed E-state index contributed by atoms with van der Waals surface area (Å²) in [5, 5.41) is 0. The molecule has 0 radical (unpaired) electrons.